The van der Waals surface area contributed by atoms with Crippen molar-refractivity contribution >= 4 is 34.0 Å². The second kappa shape index (κ2) is 8.83. The Hall–Kier alpha value is -3.26. The van der Waals surface area contributed by atoms with E-state index in [2.05, 4.69) is 20.6 Å². The van der Waals surface area contributed by atoms with Crippen LogP contribution in [0, 0.1) is 5.82 Å². The van der Waals surface area contributed by atoms with Crippen LogP contribution in [0.15, 0.2) is 42.7 Å². The summed E-state index contributed by atoms with van der Waals surface area (Å²) in [7, 11) is 0. The summed E-state index contributed by atoms with van der Waals surface area (Å²) < 4.78 is 14.6. The molecule has 0 spiro atoms. The molecular formula is C21H25FN6O. The first kappa shape index (κ1) is 20.5. The Labute approximate surface area is 168 Å². The van der Waals surface area contributed by atoms with Crippen LogP contribution < -0.4 is 22.1 Å². The van der Waals surface area contributed by atoms with Crippen molar-refractivity contribution < 1.29 is 9.18 Å². The van der Waals surface area contributed by atoms with Crippen molar-refractivity contribution in [2.24, 2.45) is 11.5 Å². The van der Waals surface area contributed by atoms with Crippen LogP contribution in [0.1, 0.15) is 37.0 Å². The number of hydrogen-bond donors (Lipinski definition) is 4. The molecule has 3 rings (SSSR count). The quantitative estimate of drug-likeness (QED) is 0.462. The van der Waals surface area contributed by atoms with Crippen molar-refractivity contribution in [3.8, 4) is 0 Å². The van der Waals surface area contributed by atoms with Crippen LogP contribution in [-0.2, 0) is 0 Å². The number of benzene rings is 1. The summed E-state index contributed by atoms with van der Waals surface area (Å²) in [6.45, 7) is 3.88. The summed E-state index contributed by atoms with van der Waals surface area (Å²) in [5, 5.41) is 7.95. The molecule has 0 saturated heterocycles. The Balaban J connectivity index is 2.03. The molecule has 0 bridgehead atoms. The van der Waals surface area contributed by atoms with Gasteiger partial charge in [-0.3, -0.25) is 9.78 Å². The number of aromatic nitrogens is 2. The highest BCUT2D eigenvalue weighted by Crippen LogP contribution is 2.28. The minimum Gasteiger partial charge on any atom is -0.365 e. The summed E-state index contributed by atoms with van der Waals surface area (Å²) in [5.74, 6) is -1.28. The fraction of sp³-hybridized carbons (Fsp3) is 0.286. The van der Waals surface area contributed by atoms with Crippen molar-refractivity contribution in [1.82, 2.24) is 9.97 Å². The fourth-order valence-electron chi connectivity index (χ4n) is 3.17. The van der Waals surface area contributed by atoms with Crippen LogP contribution in [0.4, 0.5) is 21.7 Å². The topological polar surface area (TPSA) is 119 Å². The van der Waals surface area contributed by atoms with E-state index in [9.17, 15) is 9.18 Å². The average Bonchev–Trinajstić information content (AvgIpc) is 2.69. The molecule has 0 aliphatic heterocycles. The molecule has 1 amide bonds. The van der Waals surface area contributed by atoms with E-state index in [1.807, 2.05) is 38.1 Å². The van der Waals surface area contributed by atoms with Crippen molar-refractivity contribution in [2.45, 2.75) is 38.8 Å². The molecule has 0 aliphatic rings. The van der Waals surface area contributed by atoms with Gasteiger partial charge in [-0.1, -0.05) is 37.6 Å². The van der Waals surface area contributed by atoms with E-state index >= 15 is 0 Å². The lowest BCUT2D eigenvalue weighted by Crippen LogP contribution is -2.38. The number of hydrogen-bond acceptors (Lipinski definition) is 6. The fourth-order valence-corrected chi connectivity index (χ4v) is 3.17. The number of pyridine rings is 2. The second-order valence-electron chi connectivity index (χ2n) is 7.01. The number of primary amides is 1. The zero-order chi connectivity index (χ0) is 21.0. The van der Waals surface area contributed by atoms with Crippen LogP contribution in [0.25, 0.3) is 10.8 Å². The molecule has 29 heavy (non-hydrogen) atoms. The predicted molar refractivity (Wildman–Crippen MR) is 114 cm³/mol. The van der Waals surface area contributed by atoms with Gasteiger partial charge in [0.2, 0.25) is 0 Å². The third-order valence-corrected chi connectivity index (χ3v) is 4.72. The average molecular weight is 396 g/mol. The van der Waals surface area contributed by atoms with Gasteiger partial charge in [-0.25, -0.2) is 9.37 Å². The van der Waals surface area contributed by atoms with Crippen LogP contribution in [0.3, 0.4) is 0 Å². The molecule has 2 aromatic heterocycles. The first-order valence-electron chi connectivity index (χ1n) is 9.53. The Morgan fingerprint density at radius 2 is 2.00 bits per heavy atom. The number of carbonyl (C=O) groups is 1. The van der Waals surface area contributed by atoms with Gasteiger partial charge >= 0.3 is 0 Å². The molecule has 8 heteroatoms. The summed E-state index contributed by atoms with van der Waals surface area (Å²) >= 11 is 0. The Morgan fingerprint density at radius 1 is 1.24 bits per heavy atom. The number of halogens is 1. The monoisotopic (exact) mass is 396 g/mol. The molecule has 0 saturated carbocycles. The molecule has 0 fully saturated rings. The highest BCUT2D eigenvalue weighted by Gasteiger charge is 2.20. The van der Waals surface area contributed by atoms with Gasteiger partial charge in [-0.15, -0.1) is 0 Å². The van der Waals surface area contributed by atoms with E-state index in [1.54, 1.807) is 12.4 Å². The van der Waals surface area contributed by atoms with Gasteiger partial charge in [-0.05, 0) is 19.4 Å². The first-order valence-corrected chi connectivity index (χ1v) is 9.53. The standard InChI is InChI=1S/C21H25FN6O/c1-3-6-17(12(2)23)26-21-16(22)9-15(19(24)29)20(28-21)27-18-11-25-10-13-7-4-5-8-14(13)18/h4-5,7-12,17H,3,6,23H2,1-2H3,(H2,24,29)(H2,26,27,28)/t12-,17+/m0/s1. The number of carbonyl (C=O) groups excluding carboxylic acids is 1. The van der Waals surface area contributed by atoms with E-state index < -0.39 is 11.7 Å². The largest absolute Gasteiger partial charge is 0.365 e. The van der Waals surface area contributed by atoms with Gasteiger partial charge in [0.05, 0.1) is 17.4 Å². The number of rotatable bonds is 8. The lowest BCUT2D eigenvalue weighted by Gasteiger charge is -2.23. The van der Waals surface area contributed by atoms with Crippen molar-refractivity contribution in [3.63, 3.8) is 0 Å². The Kier molecular flexibility index (Phi) is 6.23. The van der Waals surface area contributed by atoms with Gasteiger partial charge in [0.15, 0.2) is 11.6 Å². The zero-order valence-electron chi connectivity index (χ0n) is 16.4. The van der Waals surface area contributed by atoms with E-state index in [0.29, 0.717) is 5.69 Å². The van der Waals surface area contributed by atoms with Gasteiger partial charge in [0, 0.05) is 29.1 Å². The van der Waals surface area contributed by atoms with E-state index in [1.165, 1.54) is 0 Å². The minimum absolute atomic E-state index is 0.0152. The molecule has 7 nitrogen and oxygen atoms in total. The predicted octanol–water partition coefficient (Wildman–Crippen LogP) is 3.54. The maximum absolute atomic E-state index is 14.6. The minimum atomic E-state index is -0.782. The normalized spacial score (nSPS) is 13.1. The van der Waals surface area contributed by atoms with E-state index in [4.69, 9.17) is 11.5 Å². The molecule has 0 aliphatic carbocycles. The van der Waals surface area contributed by atoms with E-state index in [0.717, 1.165) is 29.7 Å². The maximum Gasteiger partial charge on any atom is 0.252 e. The number of amides is 1. The summed E-state index contributed by atoms with van der Waals surface area (Å²) in [5.41, 5.74) is 12.1. The number of fused-ring (bicyclic) bond motifs is 1. The number of nitrogens with zero attached hydrogens (tertiary/aromatic N) is 2. The van der Waals surface area contributed by atoms with Crippen molar-refractivity contribution in [3.05, 3.63) is 54.1 Å². The van der Waals surface area contributed by atoms with Gasteiger partial charge in [0.1, 0.15) is 5.82 Å². The summed E-state index contributed by atoms with van der Waals surface area (Å²) in [4.78, 5) is 20.4. The molecule has 3 aromatic rings. The molecular weight excluding hydrogens is 371 g/mol. The van der Waals surface area contributed by atoms with Gasteiger partial charge in [0.25, 0.3) is 5.91 Å². The Morgan fingerprint density at radius 3 is 2.69 bits per heavy atom. The molecule has 6 N–H and O–H groups in total. The second-order valence-corrected chi connectivity index (χ2v) is 7.01. The molecule has 0 unspecified atom stereocenters. The lowest BCUT2D eigenvalue weighted by molar-refractivity contribution is 0.100. The maximum atomic E-state index is 14.6. The summed E-state index contributed by atoms with van der Waals surface area (Å²) in [6.07, 6.45) is 4.99. The SMILES string of the molecule is CCC[C@@H](Nc1nc(Nc2cncc3ccccc23)c(C(N)=O)cc1F)[C@H](C)N. The molecule has 0 radical (unpaired) electrons. The Bertz CT molecular complexity index is 1020. The molecule has 2 heterocycles. The number of nitrogens with one attached hydrogen (secondary N) is 2. The van der Waals surface area contributed by atoms with Crippen molar-refractivity contribution in [1.29, 1.82) is 0 Å². The molecule has 1 aromatic carbocycles. The molecule has 2 atom stereocenters. The summed E-state index contributed by atoms with van der Waals surface area (Å²) in [6, 6.07) is 8.36. The molecule has 152 valence electrons. The third kappa shape index (κ3) is 4.60. The lowest BCUT2D eigenvalue weighted by atomic mass is 10.1. The van der Waals surface area contributed by atoms with Crippen LogP contribution in [-0.4, -0.2) is 28.0 Å². The van der Waals surface area contributed by atoms with Gasteiger partial charge < -0.3 is 22.1 Å². The van der Waals surface area contributed by atoms with Gasteiger partial charge in [-0.2, -0.15) is 0 Å². The highest BCUT2D eigenvalue weighted by molar-refractivity contribution is 6.01. The van der Waals surface area contributed by atoms with Crippen LogP contribution in [0.5, 0.6) is 0 Å². The third-order valence-electron chi connectivity index (χ3n) is 4.72. The van der Waals surface area contributed by atoms with Crippen LogP contribution in [0.2, 0.25) is 0 Å². The first-order chi connectivity index (χ1) is 13.9. The van der Waals surface area contributed by atoms with Crippen molar-refractivity contribution in [2.75, 3.05) is 10.6 Å². The smallest absolute Gasteiger partial charge is 0.252 e. The number of anilines is 3. The number of nitrogens with two attached hydrogens (primary N) is 2. The van der Waals surface area contributed by atoms with E-state index in [-0.39, 0.29) is 29.3 Å². The zero-order valence-corrected chi connectivity index (χ0v) is 16.4. The van der Waals surface area contributed by atoms with Crippen LogP contribution >= 0.6 is 0 Å². The highest BCUT2D eigenvalue weighted by atomic mass is 19.1.